The van der Waals surface area contributed by atoms with Gasteiger partial charge in [-0.25, -0.2) is 9.18 Å². The third-order valence-corrected chi connectivity index (χ3v) is 13.3. The van der Waals surface area contributed by atoms with Crippen molar-refractivity contribution in [3.8, 4) is 17.2 Å². The van der Waals surface area contributed by atoms with Gasteiger partial charge < -0.3 is 34.0 Å². The molecule has 0 bridgehead atoms. The van der Waals surface area contributed by atoms with Crippen molar-refractivity contribution >= 4 is 29.3 Å². The Balaban J connectivity index is 1.38. The molecule has 65 heavy (non-hydrogen) atoms. The van der Waals surface area contributed by atoms with Crippen molar-refractivity contribution in [1.29, 1.82) is 0 Å². The molecule has 7 rings (SSSR count). The molecule has 1 heterocycles. The minimum Gasteiger partial charge on any atom is -0.493 e. The number of carbonyl (C=O) groups is 1. The number of non-ortho nitro benzene ring substituents is 1. The molecule has 1 saturated carbocycles. The summed E-state index contributed by atoms with van der Waals surface area (Å²) in [6, 6.07) is 26.0. The summed E-state index contributed by atoms with van der Waals surface area (Å²) in [7, 11) is 1.47. The zero-order chi connectivity index (χ0) is 45.8. The second-order valence-electron chi connectivity index (χ2n) is 16.3. The molecule has 344 valence electrons. The van der Waals surface area contributed by atoms with E-state index in [9.17, 15) is 29.5 Å². The largest absolute Gasteiger partial charge is 0.493 e. The Hall–Kier alpha value is -5.74. The Morgan fingerprint density at radius 2 is 1.72 bits per heavy atom. The summed E-state index contributed by atoms with van der Waals surface area (Å²) in [5, 5.41) is 35.9. The van der Waals surface area contributed by atoms with Crippen LogP contribution in [0.2, 0.25) is 0 Å². The minimum atomic E-state index is -1.60. The molecule has 0 unspecified atom stereocenters. The highest BCUT2D eigenvalue weighted by Crippen LogP contribution is 2.62. The van der Waals surface area contributed by atoms with Crippen molar-refractivity contribution in [2.24, 2.45) is 22.9 Å². The Kier molecular flexibility index (Phi) is 16.3. The van der Waals surface area contributed by atoms with Gasteiger partial charge >= 0.3 is 6.09 Å². The average molecular weight is 910 g/mol. The van der Waals surface area contributed by atoms with Crippen LogP contribution in [0.15, 0.2) is 131 Å². The first-order valence-corrected chi connectivity index (χ1v) is 23.1. The topological polar surface area (TPSA) is 162 Å². The van der Waals surface area contributed by atoms with Gasteiger partial charge in [0.1, 0.15) is 36.2 Å². The van der Waals surface area contributed by atoms with Crippen LogP contribution in [-0.4, -0.2) is 83.0 Å². The highest BCUT2D eigenvalue weighted by molar-refractivity contribution is 7.99. The zero-order valence-electron chi connectivity index (χ0n) is 36.5. The lowest BCUT2D eigenvalue weighted by molar-refractivity contribution is -0.384. The SMILES string of the molecule is C=CCO[C@@]12Oc3ccc(OCCSc4ccccc4)cc3[C@H]3[C@H](CCCCO)[C@@H](CCCCO)C=C(C(=NOC)C[C@@H]1N(Cc1ccc(F)cc1)C(=O)Oc1ccc([N+](=O)[O-])cc1)[C@H]32. The van der Waals surface area contributed by atoms with Crippen LogP contribution in [0.1, 0.15) is 62.0 Å². The molecule has 1 fully saturated rings. The molecule has 4 aromatic rings. The fraction of sp³-hybridized carbons (Fsp3) is 0.400. The van der Waals surface area contributed by atoms with Crippen LogP contribution in [0.3, 0.4) is 0 Å². The number of rotatable bonds is 22. The molecule has 2 N–H and O–H groups in total. The second kappa shape index (κ2) is 22.4. The molecule has 3 aliphatic rings. The molecule has 4 aromatic carbocycles. The summed E-state index contributed by atoms with van der Waals surface area (Å²) in [6.45, 7) is 4.53. The molecule has 15 heteroatoms. The standard InChI is InChI=1S/C50H56FN3O10S/c1-3-27-62-50-46(53(33-34-15-17-36(51)18-16-34)49(57)63-38-21-19-37(20-22-38)54(58)59)32-44(52-60-2)42-30-35(11-7-9-25-55)41(14-8-10-26-56)47(48(42)50)43-31-39(23-24-45(43)64-50)61-28-29-65-40-12-5-4-6-13-40/h3-6,12-13,15-24,30-31,35,41,46-48,55-56H,1,7-11,14,25-29,32-33H2,2H3/t35-,41+,46-,47+,48+,50+/m0/s1. The molecule has 13 nitrogen and oxygen atoms in total. The number of benzene rings is 4. The van der Waals surface area contributed by atoms with E-state index in [-0.39, 0.29) is 62.0 Å². The Morgan fingerprint density at radius 3 is 2.42 bits per heavy atom. The van der Waals surface area contributed by atoms with Crippen LogP contribution in [-0.2, 0) is 16.1 Å². The van der Waals surface area contributed by atoms with E-state index in [1.165, 1.54) is 48.4 Å². The highest BCUT2D eigenvalue weighted by atomic mass is 32.2. The van der Waals surface area contributed by atoms with E-state index in [1.54, 1.807) is 30.0 Å². The van der Waals surface area contributed by atoms with E-state index in [0.29, 0.717) is 42.2 Å². The maximum Gasteiger partial charge on any atom is 0.416 e. The number of ether oxygens (including phenoxy) is 4. The smallest absolute Gasteiger partial charge is 0.416 e. The fourth-order valence-electron chi connectivity index (χ4n) is 9.57. The third kappa shape index (κ3) is 11.0. The summed E-state index contributed by atoms with van der Waals surface area (Å²) >= 11 is 1.71. The van der Waals surface area contributed by atoms with Crippen LogP contribution in [0.4, 0.5) is 14.9 Å². The van der Waals surface area contributed by atoms with E-state index in [1.807, 2.05) is 36.4 Å². The van der Waals surface area contributed by atoms with E-state index in [0.717, 1.165) is 47.5 Å². The van der Waals surface area contributed by atoms with Gasteiger partial charge in [0.15, 0.2) is 0 Å². The first kappa shape index (κ1) is 47.2. The Labute approximate surface area is 383 Å². The van der Waals surface area contributed by atoms with Gasteiger partial charge in [0.05, 0.1) is 29.8 Å². The predicted molar refractivity (Wildman–Crippen MR) is 246 cm³/mol. The molecule has 0 saturated heterocycles. The number of thioether (sulfide) groups is 1. The molecule has 0 aromatic heterocycles. The number of amides is 1. The second-order valence-corrected chi connectivity index (χ2v) is 17.5. The summed E-state index contributed by atoms with van der Waals surface area (Å²) in [4.78, 5) is 34.0. The monoisotopic (exact) mass is 909 g/mol. The van der Waals surface area contributed by atoms with Crippen molar-refractivity contribution in [1.82, 2.24) is 4.90 Å². The lowest BCUT2D eigenvalue weighted by atomic mass is 9.55. The van der Waals surface area contributed by atoms with Crippen LogP contribution >= 0.6 is 11.8 Å². The van der Waals surface area contributed by atoms with Gasteiger partial charge in [-0.1, -0.05) is 60.5 Å². The van der Waals surface area contributed by atoms with Crippen molar-refractivity contribution in [2.45, 2.75) is 74.1 Å². The van der Waals surface area contributed by atoms with E-state index in [4.69, 9.17) is 23.8 Å². The number of oxime groups is 1. The first-order valence-electron chi connectivity index (χ1n) is 22.1. The quantitative estimate of drug-likeness (QED) is 0.0254. The molecule has 0 radical (unpaired) electrons. The summed E-state index contributed by atoms with van der Waals surface area (Å²) in [5.74, 6) is -0.921. The Morgan fingerprint density at radius 1 is 1.00 bits per heavy atom. The minimum absolute atomic E-state index is 0.0208. The fourth-order valence-corrected chi connectivity index (χ4v) is 10.3. The molecular formula is C50H56FN3O10S. The first-order chi connectivity index (χ1) is 31.7. The van der Waals surface area contributed by atoms with Gasteiger partial charge in [0.25, 0.3) is 5.69 Å². The maximum absolute atomic E-state index is 14.9. The number of unbranched alkanes of at least 4 members (excludes halogenated alkanes) is 2. The van der Waals surface area contributed by atoms with Crippen LogP contribution in [0, 0.1) is 33.7 Å². The van der Waals surface area contributed by atoms with Gasteiger partial charge in [-0.2, -0.15) is 0 Å². The number of nitro benzene ring substituents is 1. The molecule has 6 atom stereocenters. The summed E-state index contributed by atoms with van der Waals surface area (Å²) in [6.07, 6.45) is 7.45. The maximum atomic E-state index is 14.9. The number of allylic oxidation sites excluding steroid dienone is 1. The predicted octanol–water partition coefficient (Wildman–Crippen LogP) is 9.87. The van der Waals surface area contributed by atoms with Crippen LogP contribution < -0.4 is 14.2 Å². The number of nitro groups is 1. The van der Waals surface area contributed by atoms with Gasteiger partial charge in [-0.05, 0) is 103 Å². The number of nitrogens with zero attached hydrogens (tertiary/aromatic N) is 3. The van der Waals surface area contributed by atoms with E-state index >= 15 is 0 Å². The van der Waals surface area contributed by atoms with E-state index < -0.39 is 34.6 Å². The van der Waals surface area contributed by atoms with Crippen molar-refractivity contribution < 1.29 is 48.1 Å². The normalized spacial score (nSPS) is 22.4. The van der Waals surface area contributed by atoms with Gasteiger partial charge in [-0.3, -0.25) is 15.0 Å². The molecule has 0 spiro atoms. The molecular weight excluding hydrogens is 854 g/mol. The number of hydrogen-bond acceptors (Lipinski definition) is 12. The van der Waals surface area contributed by atoms with Crippen molar-refractivity contribution in [3.63, 3.8) is 0 Å². The van der Waals surface area contributed by atoms with Crippen molar-refractivity contribution in [3.05, 3.63) is 148 Å². The van der Waals surface area contributed by atoms with Crippen LogP contribution in [0.5, 0.6) is 17.2 Å². The molecule has 1 amide bonds. The van der Waals surface area contributed by atoms with E-state index in [2.05, 4.69) is 29.9 Å². The van der Waals surface area contributed by atoms with Gasteiger partial charge in [0, 0.05) is 60.4 Å². The zero-order valence-corrected chi connectivity index (χ0v) is 37.3. The summed E-state index contributed by atoms with van der Waals surface area (Å²) < 4.78 is 41.1. The van der Waals surface area contributed by atoms with Gasteiger partial charge in [0.2, 0.25) is 5.79 Å². The number of aliphatic hydroxyl groups excluding tert-OH is 2. The van der Waals surface area contributed by atoms with Crippen molar-refractivity contribution in [2.75, 3.05) is 39.3 Å². The number of hydrogen-bond donors (Lipinski definition) is 2. The summed E-state index contributed by atoms with van der Waals surface area (Å²) in [5.41, 5.74) is 2.76. The molecule has 1 aliphatic heterocycles. The number of halogens is 1. The number of aliphatic hydroxyl groups is 2. The van der Waals surface area contributed by atoms with Gasteiger partial charge in [-0.15, -0.1) is 18.3 Å². The lowest BCUT2D eigenvalue weighted by Crippen LogP contribution is -2.70. The number of carbonyl (C=O) groups excluding carboxylic acids is 1. The lowest BCUT2D eigenvalue weighted by Gasteiger charge is -2.59. The highest BCUT2D eigenvalue weighted by Gasteiger charge is 2.65. The number of fused-ring (bicyclic) bond motifs is 2. The Bertz CT molecular complexity index is 2300. The van der Waals surface area contributed by atoms with Crippen LogP contribution in [0.25, 0.3) is 0 Å². The average Bonchev–Trinajstić information content (AvgIpc) is 3.31. The third-order valence-electron chi connectivity index (χ3n) is 12.3. The molecule has 2 aliphatic carbocycles.